The average molecular weight is 512 g/mol. The molecule has 0 unspecified atom stereocenters. The predicted octanol–water partition coefficient (Wildman–Crippen LogP) is 5.36. The quantitative estimate of drug-likeness (QED) is 0.425. The Kier molecular flexibility index (Phi) is 7.68. The zero-order valence-corrected chi connectivity index (χ0v) is 22.3. The standard InChI is InChI=1S/C27H33N3O5S/c1-27(2,3)35-26(32)30-14-8-9-19(30)16-29(17-24-28-20-10-6-7-11-23(20)36-24)25(31)18-12-13-21(33-4)22(15-18)34-5/h6-7,10-13,15,19H,8-9,14,16-17H2,1-5H3/t19-/m0/s1. The van der Waals surface area contributed by atoms with E-state index in [1.165, 1.54) is 0 Å². The van der Waals surface area contributed by atoms with Gasteiger partial charge in [-0.05, 0) is 63.9 Å². The summed E-state index contributed by atoms with van der Waals surface area (Å²) in [5.74, 6) is 0.879. The van der Waals surface area contributed by atoms with Gasteiger partial charge in [-0.3, -0.25) is 4.79 Å². The van der Waals surface area contributed by atoms with Crippen LogP contribution in [0, 0.1) is 0 Å². The van der Waals surface area contributed by atoms with Crippen molar-refractivity contribution < 1.29 is 23.8 Å². The number of amides is 2. The number of benzene rings is 2. The maximum Gasteiger partial charge on any atom is 0.410 e. The molecule has 1 saturated heterocycles. The van der Waals surface area contributed by atoms with E-state index < -0.39 is 5.60 Å². The van der Waals surface area contributed by atoms with E-state index in [2.05, 4.69) is 0 Å². The van der Waals surface area contributed by atoms with Crippen LogP contribution in [0.2, 0.25) is 0 Å². The average Bonchev–Trinajstić information content (AvgIpc) is 3.48. The first-order valence-electron chi connectivity index (χ1n) is 12.0. The van der Waals surface area contributed by atoms with Gasteiger partial charge in [0.15, 0.2) is 11.5 Å². The van der Waals surface area contributed by atoms with E-state index in [1.54, 1.807) is 53.6 Å². The molecule has 1 aliphatic heterocycles. The zero-order chi connectivity index (χ0) is 25.9. The number of carbonyl (C=O) groups is 2. The molecule has 0 saturated carbocycles. The van der Waals surface area contributed by atoms with E-state index in [0.717, 1.165) is 28.1 Å². The molecular formula is C27H33N3O5S. The van der Waals surface area contributed by atoms with Gasteiger partial charge < -0.3 is 24.0 Å². The monoisotopic (exact) mass is 511 g/mol. The molecule has 4 rings (SSSR count). The van der Waals surface area contributed by atoms with Crippen molar-refractivity contribution in [1.29, 1.82) is 0 Å². The molecule has 1 aliphatic rings. The number of likely N-dealkylation sites (tertiary alicyclic amines) is 1. The Bertz CT molecular complexity index is 1200. The van der Waals surface area contributed by atoms with Gasteiger partial charge in [-0.2, -0.15) is 0 Å². The molecule has 8 nitrogen and oxygen atoms in total. The maximum absolute atomic E-state index is 13.8. The lowest BCUT2D eigenvalue weighted by Crippen LogP contribution is -2.46. The Morgan fingerprint density at radius 2 is 1.86 bits per heavy atom. The van der Waals surface area contributed by atoms with E-state index in [0.29, 0.717) is 36.7 Å². The van der Waals surface area contributed by atoms with E-state index in [4.69, 9.17) is 19.2 Å². The normalized spacial score (nSPS) is 15.7. The fourth-order valence-corrected chi connectivity index (χ4v) is 5.35. The number of para-hydroxylation sites is 1. The van der Waals surface area contributed by atoms with Crippen LogP contribution in [-0.2, 0) is 11.3 Å². The number of hydrogen-bond donors (Lipinski definition) is 0. The summed E-state index contributed by atoms with van der Waals surface area (Å²) in [4.78, 5) is 34.9. The lowest BCUT2D eigenvalue weighted by Gasteiger charge is -2.32. The molecule has 1 fully saturated rings. The van der Waals surface area contributed by atoms with Crippen molar-refractivity contribution in [2.45, 2.75) is 51.8 Å². The van der Waals surface area contributed by atoms with Gasteiger partial charge in [0.2, 0.25) is 0 Å². The van der Waals surface area contributed by atoms with E-state index >= 15 is 0 Å². The number of fused-ring (bicyclic) bond motifs is 1. The highest BCUT2D eigenvalue weighted by Gasteiger charge is 2.34. The molecular weight excluding hydrogens is 478 g/mol. The lowest BCUT2D eigenvalue weighted by atomic mass is 10.1. The Hall–Kier alpha value is -3.33. The number of aromatic nitrogens is 1. The molecule has 0 spiro atoms. The van der Waals surface area contributed by atoms with Crippen LogP contribution < -0.4 is 9.47 Å². The summed E-state index contributed by atoms with van der Waals surface area (Å²) >= 11 is 1.57. The number of ether oxygens (including phenoxy) is 3. The zero-order valence-electron chi connectivity index (χ0n) is 21.4. The van der Waals surface area contributed by atoms with Crippen LogP contribution in [0.1, 0.15) is 49.0 Å². The van der Waals surface area contributed by atoms with Gasteiger partial charge in [0, 0.05) is 18.7 Å². The minimum atomic E-state index is -0.583. The van der Waals surface area contributed by atoms with Crippen molar-refractivity contribution in [3.8, 4) is 11.5 Å². The van der Waals surface area contributed by atoms with Crippen LogP contribution in [0.4, 0.5) is 4.79 Å². The van der Waals surface area contributed by atoms with Crippen LogP contribution in [0.25, 0.3) is 10.2 Å². The third kappa shape index (κ3) is 5.90. The van der Waals surface area contributed by atoms with Crippen molar-refractivity contribution in [3.63, 3.8) is 0 Å². The number of carbonyl (C=O) groups excluding carboxylic acids is 2. The van der Waals surface area contributed by atoms with Gasteiger partial charge >= 0.3 is 6.09 Å². The van der Waals surface area contributed by atoms with Gasteiger partial charge in [-0.1, -0.05) is 12.1 Å². The van der Waals surface area contributed by atoms with Crippen molar-refractivity contribution in [1.82, 2.24) is 14.8 Å². The first kappa shape index (κ1) is 25.8. The largest absolute Gasteiger partial charge is 0.493 e. The van der Waals surface area contributed by atoms with Crippen molar-refractivity contribution in [2.75, 3.05) is 27.3 Å². The summed E-state index contributed by atoms with van der Waals surface area (Å²) in [5, 5.41) is 0.840. The highest BCUT2D eigenvalue weighted by atomic mass is 32.1. The van der Waals surface area contributed by atoms with Crippen LogP contribution in [-0.4, -0.2) is 65.7 Å². The van der Waals surface area contributed by atoms with Crippen LogP contribution >= 0.6 is 11.3 Å². The molecule has 0 radical (unpaired) electrons. The second kappa shape index (κ2) is 10.7. The first-order valence-corrected chi connectivity index (χ1v) is 12.9. The molecule has 2 aromatic carbocycles. The Morgan fingerprint density at radius 3 is 2.56 bits per heavy atom. The SMILES string of the molecule is COc1ccc(C(=O)N(Cc2nc3ccccc3s2)C[C@@H]2CCCN2C(=O)OC(C)(C)C)cc1OC. The Balaban J connectivity index is 1.62. The number of methoxy groups -OCH3 is 2. The van der Waals surface area contributed by atoms with Gasteiger partial charge in [0.25, 0.3) is 5.91 Å². The first-order chi connectivity index (χ1) is 17.2. The Labute approximate surface area is 215 Å². The second-order valence-corrected chi connectivity index (χ2v) is 10.9. The molecule has 0 bridgehead atoms. The number of nitrogens with zero attached hydrogens (tertiary/aromatic N) is 3. The third-order valence-corrected chi connectivity index (χ3v) is 7.04. The summed E-state index contributed by atoms with van der Waals surface area (Å²) < 4.78 is 17.5. The number of rotatable bonds is 7. The summed E-state index contributed by atoms with van der Waals surface area (Å²) in [6, 6.07) is 12.9. The predicted molar refractivity (Wildman–Crippen MR) is 140 cm³/mol. The molecule has 36 heavy (non-hydrogen) atoms. The van der Waals surface area contributed by atoms with Crippen molar-refractivity contribution >= 4 is 33.6 Å². The molecule has 9 heteroatoms. The molecule has 0 N–H and O–H groups in total. The molecule has 1 aromatic heterocycles. The molecule has 2 amide bonds. The lowest BCUT2D eigenvalue weighted by molar-refractivity contribution is 0.0189. The van der Waals surface area contributed by atoms with Gasteiger partial charge in [0.1, 0.15) is 10.6 Å². The summed E-state index contributed by atoms with van der Waals surface area (Å²) in [6.07, 6.45) is 1.32. The molecule has 2 heterocycles. The van der Waals surface area contributed by atoms with E-state index in [-0.39, 0.29) is 18.0 Å². The van der Waals surface area contributed by atoms with Gasteiger partial charge in [-0.15, -0.1) is 11.3 Å². The fraction of sp³-hybridized carbons (Fsp3) is 0.444. The molecule has 1 atom stereocenters. The summed E-state index contributed by atoms with van der Waals surface area (Å²) in [7, 11) is 3.10. The van der Waals surface area contributed by atoms with Gasteiger partial charge in [0.05, 0.1) is 37.0 Å². The molecule has 3 aromatic rings. The molecule has 0 aliphatic carbocycles. The number of hydrogen-bond acceptors (Lipinski definition) is 7. The van der Waals surface area contributed by atoms with Crippen LogP contribution in [0.15, 0.2) is 42.5 Å². The highest BCUT2D eigenvalue weighted by molar-refractivity contribution is 7.18. The van der Waals surface area contributed by atoms with Crippen LogP contribution in [0.5, 0.6) is 11.5 Å². The minimum absolute atomic E-state index is 0.140. The van der Waals surface area contributed by atoms with E-state index in [1.807, 2.05) is 45.0 Å². The van der Waals surface area contributed by atoms with Crippen molar-refractivity contribution in [3.05, 3.63) is 53.0 Å². The summed E-state index contributed by atoms with van der Waals surface area (Å²) in [5.41, 5.74) is 0.809. The molecule has 192 valence electrons. The minimum Gasteiger partial charge on any atom is -0.493 e. The fourth-order valence-electron chi connectivity index (χ4n) is 4.36. The number of thiazole rings is 1. The van der Waals surface area contributed by atoms with E-state index in [9.17, 15) is 9.59 Å². The third-order valence-electron chi connectivity index (χ3n) is 6.02. The second-order valence-electron chi connectivity index (χ2n) is 9.80. The highest BCUT2D eigenvalue weighted by Crippen LogP contribution is 2.30. The smallest absolute Gasteiger partial charge is 0.410 e. The topological polar surface area (TPSA) is 81.2 Å². The Morgan fingerprint density at radius 1 is 1.11 bits per heavy atom. The van der Waals surface area contributed by atoms with Crippen LogP contribution in [0.3, 0.4) is 0 Å². The maximum atomic E-state index is 13.8. The summed E-state index contributed by atoms with van der Waals surface area (Å²) in [6.45, 7) is 6.90. The van der Waals surface area contributed by atoms with Gasteiger partial charge in [-0.25, -0.2) is 9.78 Å². The van der Waals surface area contributed by atoms with Crippen molar-refractivity contribution in [2.24, 2.45) is 0 Å².